The Morgan fingerprint density at radius 1 is 1.16 bits per heavy atom. The predicted octanol–water partition coefficient (Wildman–Crippen LogP) is 3.05. The summed E-state index contributed by atoms with van der Waals surface area (Å²) >= 11 is 0. The number of para-hydroxylation sites is 2. The van der Waals surface area contributed by atoms with Gasteiger partial charge in [-0.2, -0.15) is 5.26 Å². The maximum absolute atomic E-state index is 10.9. The van der Waals surface area contributed by atoms with Crippen LogP contribution in [0, 0.1) is 21.4 Å². The first kappa shape index (κ1) is 12.6. The van der Waals surface area contributed by atoms with Crippen molar-refractivity contribution in [3.05, 3.63) is 69.8 Å². The third kappa shape index (κ3) is 2.87. The number of benzene rings is 2. The molecule has 0 atom stereocenters. The van der Waals surface area contributed by atoms with Gasteiger partial charge in [0.2, 0.25) is 0 Å². The molecule has 0 N–H and O–H groups in total. The van der Waals surface area contributed by atoms with Gasteiger partial charge in [-0.3, -0.25) is 10.1 Å². The van der Waals surface area contributed by atoms with E-state index in [0.29, 0.717) is 16.9 Å². The van der Waals surface area contributed by atoms with E-state index in [4.69, 9.17) is 10.00 Å². The molecular formula is C14H10N2O3. The minimum Gasteiger partial charge on any atom is -0.487 e. The summed E-state index contributed by atoms with van der Waals surface area (Å²) in [6, 6.07) is 15.2. The minimum atomic E-state index is -0.450. The number of hydrogen-bond donors (Lipinski definition) is 0. The van der Waals surface area contributed by atoms with Crippen molar-refractivity contribution in [1.82, 2.24) is 0 Å². The third-order valence-corrected chi connectivity index (χ3v) is 2.58. The second-order valence-electron chi connectivity index (χ2n) is 3.78. The van der Waals surface area contributed by atoms with E-state index in [1.165, 1.54) is 6.07 Å². The lowest BCUT2D eigenvalue weighted by Crippen LogP contribution is -2.01. The number of nitrogens with zero attached hydrogens (tertiary/aromatic N) is 2. The zero-order chi connectivity index (χ0) is 13.7. The van der Waals surface area contributed by atoms with Crippen LogP contribution in [0.15, 0.2) is 48.5 Å². The molecule has 19 heavy (non-hydrogen) atoms. The zero-order valence-corrected chi connectivity index (χ0v) is 9.95. The van der Waals surface area contributed by atoms with E-state index in [2.05, 4.69) is 0 Å². The van der Waals surface area contributed by atoms with Gasteiger partial charge in [0, 0.05) is 6.07 Å². The number of nitriles is 1. The quantitative estimate of drug-likeness (QED) is 0.620. The van der Waals surface area contributed by atoms with Crippen LogP contribution in [0.4, 0.5) is 5.69 Å². The fraction of sp³-hybridized carbons (Fsp3) is 0.0714. The Morgan fingerprint density at radius 2 is 1.84 bits per heavy atom. The molecule has 0 aliphatic heterocycles. The highest BCUT2D eigenvalue weighted by atomic mass is 16.6. The normalized spacial score (nSPS) is 9.63. The van der Waals surface area contributed by atoms with Gasteiger partial charge in [-0.05, 0) is 18.2 Å². The van der Waals surface area contributed by atoms with Crippen LogP contribution in [-0.2, 0) is 6.61 Å². The molecule has 5 nitrogen and oxygen atoms in total. The first-order chi connectivity index (χ1) is 9.22. The molecule has 0 aliphatic rings. The Labute approximate surface area is 109 Å². The van der Waals surface area contributed by atoms with Crippen molar-refractivity contribution in [1.29, 1.82) is 5.26 Å². The summed E-state index contributed by atoms with van der Waals surface area (Å²) < 4.78 is 5.48. The number of nitro groups is 1. The maximum atomic E-state index is 10.9. The van der Waals surface area contributed by atoms with Gasteiger partial charge >= 0.3 is 0 Å². The molecule has 5 heteroatoms. The molecule has 0 unspecified atom stereocenters. The molecule has 94 valence electrons. The van der Waals surface area contributed by atoms with E-state index < -0.39 is 4.92 Å². The van der Waals surface area contributed by atoms with Gasteiger partial charge in [0.05, 0.1) is 16.1 Å². The van der Waals surface area contributed by atoms with Gasteiger partial charge in [0.15, 0.2) is 0 Å². The molecule has 0 radical (unpaired) electrons. The number of rotatable bonds is 4. The van der Waals surface area contributed by atoms with Crippen molar-refractivity contribution in [3.8, 4) is 11.8 Å². The lowest BCUT2D eigenvalue weighted by atomic mass is 10.2. The molecule has 0 saturated heterocycles. The molecule has 0 aromatic heterocycles. The van der Waals surface area contributed by atoms with Crippen LogP contribution in [-0.4, -0.2) is 4.92 Å². The molecule has 0 saturated carbocycles. The lowest BCUT2D eigenvalue weighted by Gasteiger charge is -2.07. The molecule has 2 rings (SSSR count). The molecule has 0 aliphatic carbocycles. The minimum absolute atomic E-state index is 0.0111. The average molecular weight is 254 g/mol. The second kappa shape index (κ2) is 5.65. The SMILES string of the molecule is N#Cc1ccccc1OCc1ccccc1[N+](=O)[O-]. The lowest BCUT2D eigenvalue weighted by molar-refractivity contribution is -0.385. The van der Waals surface area contributed by atoms with Crippen LogP contribution in [0.1, 0.15) is 11.1 Å². The highest BCUT2D eigenvalue weighted by Gasteiger charge is 2.13. The molecule has 0 heterocycles. The largest absolute Gasteiger partial charge is 0.487 e. The molecule has 0 amide bonds. The Balaban J connectivity index is 2.20. The summed E-state index contributed by atoms with van der Waals surface area (Å²) in [4.78, 5) is 10.4. The van der Waals surface area contributed by atoms with Crippen LogP contribution in [0.2, 0.25) is 0 Å². The molecule has 0 bridgehead atoms. The van der Waals surface area contributed by atoms with Crippen LogP contribution in [0.5, 0.6) is 5.75 Å². The maximum Gasteiger partial charge on any atom is 0.276 e. The monoisotopic (exact) mass is 254 g/mol. The summed E-state index contributed by atoms with van der Waals surface area (Å²) in [6.07, 6.45) is 0. The molecule has 0 fully saturated rings. The topological polar surface area (TPSA) is 76.2 Å². The van der Waals surface area contributed by atoms with Crippen molar-refractivity contribution in [2.75, 3.05) is 0 Å². The second-order valence-corrected chi connectivity index (χ2v) is 3.78. The van der Waals surface area contributed by atoms with Gasteiger partial charge in [-0.25, -0.2) is 0 Å². The smallest absolute Gasteiger partial charge is 0.276 e. The van der Waals surface area contributed by atoms with Crippen LogP contribution in [0.25, 0.3) is 0 Å². The van der Waals surface area contributed by atoms with Crippen molar-refractivity contribution in [3.63, 3.8) is 0 Å². The fourth-order valence-electron chi connectivity index (χ4n) is 1.65. The van der Waals surface area contributed by atoms with Gasteiger partial charge in [0.1, 0.15) is 18.4 Å². The van der Waals surface area contributed by atoms with Gasteiger partial charge in [-0.1, -0.05) is 24.3 Å². The Kier molecular flexibility index (Phi) is 3.74. The van der Waals surface area contributed by atoms with Gasteiger partial charge in [-0.15, -0.1) is 0 Å². The first-order valence-electron chi connectivity index (χ1n) is 5.56. The summed E-state index contributed by atoms with van der Waals surface area (Å²) in [5, 5.41) is 19.8. The van der Waals surface area contributed by atoms with Gasteiger partial charge < -0.3 is 4.74 Å². The van der Waals surface area contributed by atoms with E-state index in [-0.39, 0.29) is 12.3 Å². The first-order valence-corrected chi connectivity index (χ1v) is 5.56. The molecule has 2 aromatic rings. The van der Waals surface area contributed by atoms with Crippen LogP contribution < -0.4 is 4.74 Å². The van der Waals surface area contributed by atoms with E-state index in [1.54, 1.807) is 42.5 Å². The average Bonchev–Trinajstić information content (AvgIpc) is 2.45. The fourth-order valence-corrected chi connectivity index (χ4v) is 1.65. The Hall–Kier alpha value is -2.87. The Bertz CT molecular complexity index is 647. The summed E-state index contributed by atoms with van der Waals surface area (Å²) in [5.41, 5.74) is 0.887. The van der Waals surface area contributed by atoms with E-state index in [9.17, 15) is 10.1 Å². The van der Waals surface area contributed by atoms with Crippen LogP contribution in [0.3, 0.4) is 0 Å². The summed E-state index contributed by atoms with van der Waals surface area (Å²) in [5.74, 6) is 0.420. The predicted molar refractivity (Wildman–Crippen MR) is 68.6 cm³/mol. The van der Waals surface area contributed by atoms with E-state index >= 15 is 0 Å². The summed E-state index contributed by atoms with van der Waals surface area (Å²) in [6.45, 7) is 0.0514. The van der Waals surface area contributed by atoms with E-state index in [0.717, 1.165) is 0 Å². The van der Waals surface area contributed by atoms with Crippen molar-refractivity contribution >= 4 is 5.69 Å². The zero-order valence-electron chi connectivity index (χ0n) is 9.95. The standard InChI is InChI=1S/C14H10N2O3/c15-9-11-5-2-4-8-14(11)19-10-12-6-1-3-7-13(12)16(17)18/h1-8H,10H2. The third-order valence-electron chi connectivity index (χ3n) is 2.58. The number of nitro benzene ring substituents is 1. The van der Waals surface area contributed by atoms with Crippen molar-refractivity contribution in [2.45, 2.75) is 6.61 Å². The number of ether oxygens (including phenoxy) is 1. The van der Waals surface area contributed by atoms with Crippen LogP contribution >= 0.6 is 0 Å². The molecule has 2 aromatic carbocycles. The Morgan fingerprint density at radius 3 is 2.58 bits per heavy atom. The highest BCUT2D eigenvalue weighted by molar-refractivity contribution is 5.44. The van der Waals surface area contributed by atoms with Crippen molar-refractivity contribution < 1.29 is 9.66 Å². The van der Waals surface area contributed by atoms with E-state index in [1.807, 2.05) is 6.07 Å². The summed E-state index contributed by atoms with van der Waals surface area (Å²) in [7, 11) is 0. The van der Waals surface area contributed by atoms with Crippen molar-refractivity contribution in [2.24, 2.45) is 0 Å². The molecule has 0 spiro atoms. The highest BCUT2D eigenvalue weighted by Crippen LogP contribution is 2.22. The number of hydrogen-bond acceptors (Lipinski definition) is 4. The molecular weight excluding hydrogens is 244 g/mol. The van der Waals surface area contributed by atoms with Gasteiger partial charge in [0.25, 0.3) is 5.69 Å².